The van der Waals surface area contributed by atoms with Gasteiger partial charge in [0.15, 0.2) is 0 Å². The Balaban J connectivity index is 1.80. The SMILES string of the molecule is FC(F)(F)c1ccc(-c2nc(-c3cccs3)c(-c3cccs3)[nH]2)cc1. The van der Waals surface area contributed by atoms with Crippen LogP contribution in [-0.4, -0.2) is 9.97 Å². The maximum Gasteiger partial charge on any atom is 0.416 e. The zero-order valence-electron chi connectivity index (χ0n) is 12.7. The van der Waals surface area contributed by atoms with Gasteiger partial charge in [0, 0.05) is 5.56 Å². The standard InChI is InChI=1S/C18H11F3N2S2/c19-18(20,21)12-7-5-11(6-8-12)17-22-15(13-3-1-9-24-13)16(23-17)14-4-2-10-25-14/h1-10H,(H,22,23). The molecule has 0 fully saturated rings. The maximum atomic E-state index is 12.7. The molecule has 0 radical (unpaired) electrons. The Morgan fingerprint density at radius 1 is 0.840 bits per heavy atom. The second-order valence-corrected chi connectivity index (χ2v) is 7.23. The quantitative estimate of drug-likeness (QED) is 0.431. The summed E-state index contributed by atoms with van der Waals surface area (Å²) in [6, 6.07) is 12.9. The van der Waals surface area contributed by atoms with Crippen molar-refractivity contribution in [2.24, 2.45) is 0 Å². The topological polar surface area (TPSA) is 28.7 Å². The Labute approximate surface area is 149 Å². The van der Waals surface area contributed by atoms with E-state index >= 15 is 0 Å². The average molecular weight is 376 g/mol. The van der Waals surface area contributed by atoms with Gasteiger partial charge >= 0.3 is 6.18 Å². The van der Waals surface area contributed by atoms with Gasteiger partial charge < -0.3 is 4.98 Å². The highest BCUT2D eigenvalue weighted by Gasteiger charge is 2.30. The minimum Gasteiger partial charge on any atom is -0.337 e. The van der Waals surface area contributed by atoms with Crippen LogP contribution in [0.3, 0.4) is 0 Å². The van der Waals surface area contributed by atoms with Gasteiger partial charge in [0.25, 0.3) is 0 Å². The lowest BCUT2D eigenvalue weighted by atomic mass is 10.1. The molecular formula is C18H11F3N2S2. The van der Waals surface area contributed by atoms with E-state index in [4.69, 9.17) is 0 Å². The summed E-state index contributed by atoms with van der Waals surface area (Å²) in [5.74, 6) is 0.556. The highest BCUT2D eigenvalue weighted by molar-refractivity contribution is 7.14. The molecule has 7 heteroatoms. The lowest BCUT2D eigenvalue weighted by molar-refractivity contribution is -0.137. The predicted octanol–water partition coefficient (Wildman–Crippen LogP) is 6.55. The van der Waals surface area contributed by atoms with Crippen LogP contribution in [-0.2, 0) is 6.18 Å². The number of nitrogens with one attached hydrogen (secondary N) is 1. The molecule has 1 aromatic carbocycles. The molecule has 0 aliphatic rings. The highest BCUT2D eigenvalue weighted by Crippen LogP contribution is 2.37. The van der Waals surface area contributed by atoms with Crippen molar-refractivity contribution in [1.82, 2.24) is 9.97 Å². The first-order chi connectivity index (χ1) is 12.0. The molecule has 4 aromatic rings. The van der Waals surface area contributed by atoms with E-state index in [2.05, 4.69) is 9.97 Å². The molecule has 126 valence electrons. The molecule has 2 nitrogen and oxygen atoms in total. The van der Waals surface area contributed by atoms with Gasteiger partial charge in [-0.15, -0.1) is 22.7 Å². The fraction of sp³-hybridized carbons (Fsp3) is 0.0556. The Hall–Kier alpha value is -2.38. The molecule has 0 aliphatic heterocycles. The number of H-pyrrole nitrogens is 1. The summed E-state index contributed by atoms with van der Waals surface area (Å²) in [4.78, 5) is 9.97. The van der Waals surface area contributed by atoms with Crippen molar-refractivity contribution in [3.05, 3.63) is 64.9 Å². The highest BCUT2D eigenvalue weighted by atomic mass is 32.1. The van der Waals surface area contributed by atoms with Crippen molar-refractivity contribution in [3.63, 3.8) is 0 Å². The van der Waals surface area contributed by atoms with E-state index in [1.165, 1.54) is 12.1 Å². The van der Waals surface area contributed by atoms with Crippen molar-refractivity contribution < 1.29 is 13.2 Å². The van der Waals surface area contributed by atoms with Gasteiger partial charge in [-0.05, 0) is 35.0 Å². The van der Waals surface area contributed by atoms with Crippen LogP contribution in [0.15, 0.2) is 59.3 Å². The summed E-state index contributed by atoms with van der Waals surface area (Å²) in [7, 11) is 0. The van der Waals surface area contributed by atoms with Gasteiger partial charge in [-0.3, -0.25) is 0 Å². The summed E-state index contributed by atoms with van der Waals surface area (Å²) in [6.45, 7) is 0. The largest absolute Gasteiger partial charge is 0.416 e. The van der Waals surface area contributed by atoms with Crippen molar-refractivity contribution in [2.45, 2.75) is 6.18 Å². The molecule has 0 amide bonds. The summed E-state index contributed by atoms with van der Waals surface area (Å²) >= 11 is 3.16. The number of benzene rings is 1. The van der Waals surface area contributed by atoms with E-state index in [9.17, 15) is 13.2 Å². The molecule has 0 spiro atoms. The lowest BCUT2D eigenvalue weighted by Gasteiger charge is -2.06. The number of imidazole rings is 1. The number of hydrogen-bond acceptors (Lipinski definition) is 3. The van der Waals surface area contributed by atoms with Crippen LogP contribution in [0.4, 0.5) is 13.2 Å². The third-order valence-corrected chi connectivity index (χ3v) is 5.48. The summed E-state index contributed by atoms with van der Waals surface area (Å²) in [6.07, 6.45) is -4.34. The number of rotatable bonds is 3. The molecule has 1 N–H and O–H groups in total. The molecule has 25 heavy (non-hydrogen) atoms. The number of hydrogen-bond donors (Lipinski definition) is 1. The Bertz CT molecular complexity index is 915. The van der Waals surface area contributed by atoms with Crippen molar-refractivity contribution in [1.29, 1.82) is 0 Å². The first-order valence-corrected chi connectivity index (χ1v) is 9.14. The maximum absolute atomic E-state index is 12.7. The van der Waals surface area contributed by atoms with E-state index < -0.39 is 11.7 Å². The molecule has 0 atom stereocenters. The summed E-state index contributed by atoms with van der Waals surface area (Å²) in [5, 5.41) is 3.95. The number of aromatic nitrogens is 2. The van der Waals surface area contributed by atoms with Crippen LogP contribution in [0.25, 0.3) is 32.5 Å². The van der Waals surface area contributed by atoms with Crippen LogP contribution in [0.2, 0.25) is 0 Å². The summed E-state index contributed by atoms with van der Waals surface area (Å²) in [5.41, 5.74) is 1.65. The number of alkyl halides is 3. The normalized spacial score (nSPS) is 11.8. The van der Waals surface area contributed by atoms with Crippen LogP contribution >= 0.6 is 22.7 Å². The van der Waals surface area contributed by atoms with Gasteiger partial charge in [-0.2, -0.15) is 13.2 Å². The van der Waals surface area contributed by atoms with E-state index in [1.807, 2.05) is 35.0 Å². The predicted molar refractivity (Wildman–Crippen MR) is 95.7 cm³/mol. The van der Waals surface area contributed by atoms with E-state index in [-0.39, 0.29) is 0 Å². The molecule has 0 aliphatic carbocycles. The van der Waals surface area contributed by atoms with Crippen molar-refractivity contribution in [2.75, 3.05) is 0 Å². The molecule has 0 bridgehead atoms. The van der Waals surface area contributed by atoms with Gasteiger partial charge in [0.1, 0.15) is 11.5 Å². The second-order valence-electron chi connectivity index (χ2n) is 5.34. The molecule has 3 aromatic heterocycles. The fourth-order valence-corrected chi connectivity index (χ4v) is 3.96. The molecule has 0 saturated heterocycles. The first-order valence-electron chi connectivity index (χ1n) is 7.38. The van der Waals surface area contributed by atoms with Crippen LogP contribution in [0.1, 0.15) is 5.56 Å². The van der Waals surface area contributed by atoms with Gasteiger partial charge in [-0.1, -0.05) is 24.3 Å². The smallest absolute Gasteiger partial charge is 0.337 e. The fourth-order valence-electron chi connectivity index (χ4n) is 2.52. The van der Waals surface area contributed by atoms with Crippen LogP contribution < -0.4 is 0 Å². The molecular weight excluding hydrogens is 365 g/mol. The zero-order valence-corrected chi connectivity index (χ0v) is 14.3. The van der Waals surface area contributed by atoms with E-state index in [1.54, 1.807) is 22.7 Å². The Kier molecular flexibility index (Phi) is 3.97. The third kappa shape index (κ3) is 3.12. The van der Waals surface area contributed by atoms with Gasteiger partial charge in [-0.25, -0.2) is 4.98 Å². The number of halogens is 3. The third-order valence-electron chi connectivity index (χ3n) is 3.71. The lowest BCUT2D eigenvalue weighted by Crippen LogP contribution is -2.04. The number of thiophene rings is 2. The second kappa shape index (κ2) is 6.16. The number of nitrogens with zero attached hydrogens (tertiary/aromatic N) is 1. The van der Waals surface area contributed by atoms with Gasteiger partial charge in [0.2, 0.25) is 0 Å². The Morgan fingerprint density at radius 2 is 1.48 bits per heavy atom. The minimum atomic E-state index is -4.34. The Morgan fingerprint density at radius 3 is 2.04 bits per heavy atom. The molecule has 0 saturated carbocycles. The minimum absolute atomic E-state index is 0.556. The number of aromatic amines is 1. The summed E-state index contributed by atoms with van der Waals surface area (Å²) < 4.78 is 38.2. The molecule has 4 rings (SSSR count). The zero-order chi connectivity index (χ0) is 17.4. The first kappa shape index (κ1) is 16.1. The van der Waals surface area contributed by atoms with E-state index in [0.29, 0.717) is 11.4 Å². The monoisotopic (exact) mass is 376 g/mol. The van der Waals surface area contributed by atoms with E-state index in [0.717, 1.165) is 33.3 Å². The average Bonchev–Trinajstić information content (AvgIpc) is 3.33. The molecule has 0 unspecified atom stereocenters. The van der Waals surface area contributed by atoms with Crippen molar-refractivity contribution in [3.8, 4) is 32.5 Å². The van der Waals surface area contributed by atoms with Crippen LogP contribution in [0, 0.1) is 0 Å². The van der Waals surface area contributed by atoms with Crippen molar-refractivity contribution >= 4 is 22.7 Å². The van der Waals surface area contributed by atoms with Gasteiger partial charge in [0.05, 0.1) is 21.0 Å². The van der Waals surface area contributed by atoms with Crippen LogP contribution in [0.5, 0.6) is 0 Å². The molecule has 3 heterocycles.